The number of rotatable bonds is 3. The first kappa shape index (κ1) is 13.6. The van der Waals surface area contributed by atoms with Gasteiger partial charge in [0.05, 0.1) is 27.3 Å². The Hall–Kier alpha value is -1.83. The molecule has 0 amide bonds. The first-order valence-electron chi connectivity index (χ1n) is 5.49. The van der Waals surface area contributed by atoms with Gasteiger partial charge in [0.2, 0.25) is 0 Å². The molecular formula is C14H10ClNO2S. The van der Waals surface area contributed by atoms with Crippen LogP contribution in [0.5, 0.6) is 0 Å². The van der Waals surface area contributed by atoms with Crippen molar-refractivity contribution >= 4 is 21.4 Å². The lowest BCUT2D eigenvalue weighted by Crippen LogP contribution is -2.05. The maximum Gasteiger partial charge on any atom is 0.183 e. The molecule has 0 spiro atoms. The van der Waals surface area contributed by atoms with Crippen LogP contribution in [0.4, 0.5) is 0 Å². The summed E-state index contributed by atoms with van der Waals surface area (Å²) in [6.07, 6.45) is 0. The van der Waals surface area contributed by atoms with Gasteiger partial charge in [0, 0.05) is 0 Å². The normalized spacial score (nSPS) is 10.9. The van der Waals surface area contributed by atoms with Crippen molar-refractivity contribution in [1.29, 1.82) is 5.26 Å². The fourth-order valence-corrected chi connectivity index (χ4v) is 3.64. The molecule has 0 N–H and O–H groups in total. The van der Waals surface area contributed by atoms with E-state index in [1.54, 1.807) is 42.5 Å². The Bertz CT molecular complexity index is 748. The van der Waals surface area contributed by atoms with Crippen molar-refractivity contribution in [3.63, 3.8) is 0 Å². The molecule has 0 radical (unpaired) electrons. The second-order valence-electron chi connectivity index (χ2n) is 4.00. The van der Waals surface area contributed by atoms with E-state index in [2.05, 4.69) is 0 Å². The monoisotopic (exact) mass is 291 g/mol. The highest BCUT2D eigenvalue weighted by atomic mass is 35.5. The predicted octanol–water partition coefficient (Wildman–Crippen LogP) is 3.19. The van der Waals surface area contributed by atoms with Crippen molar-refractivity contribution < 1.29 is 8.42 Å². The van der Waals surface area contributed by atoms with Crippen LogP contribution < -0.4 is 0 Å². The molecule has 5 heteroatoms. The van der Waals surface area contributed by atoms with Crippen molar-refractivity contribution in [1.82, 2.24) is 0 Å². The largest absolute Gasteiger partial charge is 0.223 e. The van der Waals surface area contributed by atoms with Crippen LogP contribution in [0.3, 0.4) is 0 Å². The van der Waals surface area contributed by atoms with Gasteiger partial charge < -0.3 is 0 Å². The predicted molar refractivity (Wildman–Crippen MR) is 73.5 cm³/mol. The van der Waals surface area contributed by atoms with Crippen molar-refractivity contribution in [3.8, 4) is 6.07 Å². The van der Waals surface area contributed by atoms with Gasteiger partial charge >= 0.3 is 0 Å². The highest BCUT2D eigenvalue weighted by Gasteiger charge is 2.18. The summed E-state index contributed by atoms with van der Waals surface area (Å²) < 4.78 is 24.5. The third-order valence-corrected chi connectivity index (χ3v) is 4.77. The fraction of sp³-hybridized carbons (Fsp3) is 0.0714. The second-order valence-corrected chi connectivity index (χ2v) is 6.37. The Morgan fingerprint density at radius 2 is 1.84 bits per heavy atom. The molecule has 0 saturated carbocycles. The fourth-order valence-electron chi connectivity index (χ4n) is 1.72. The third kappa shape index (κ3) is 3.14. The van der Waals surface area contributed by atoms with Crippen LogP contribution in [0.2, 0.25) is 5.02 Å². The Labute approximate surface area is 117 Å². The Kier molecular flexibility index (Phi) is 3.89. The van der Waals surface area contributed by atoms with E-state index in [9.17, 15) is 8.42 Å². The molecule has 0 bridgehead atoms. The summed E-state index contributed by atoms with van der Waals surface area (Å²) in [6, 6.07) is 14.8. The standard InChI is InChI=1S/C14H10ClNO2S/c15-13-6-1-2-7-14(13)19(17,18)10-12-5-3-4-11(8-12)9-16/h1-8H,10H2. The molecule has 0 fully saturated rings. The summed E-state index contributed by atoms with van der Waals surface area (Å²) >= 11 is 5.90. The molecule has 0 aliphatic rings. The van der Waals surface area contributed by atoms with Crippen LogP contribution in [0.25, 0.3) is 0 Å². The summed E-state index contributed by atoms with van der Waals surface area (Å²) in [4.78, 5) is 0.110. The van der Waals surface area contributed by atoms with Gasteiger partial charge in [-0.25, -0.2) is 8.42 Å². The van der Waals surface area contributed by atoms with Crippen LogP contribution in [0, 0.1) is 11.3 Å². The van der Waals surface area contributed by atoms with Gasteiger partial charge in [-0.1, -0.05) is 35.9 Å². The lowest BCUT2D eigenvalue weighted by molar-refractivity contribution is 0.595. The van der Waals surface area contributed by atoms with Gasteiger partial charge in [0.1, 0.15) is 0 Å². The van der Waals surface area contributed by atoms with Gasteiger partial charge in [0.25, 0.3) is 0 Å². The van der Waals surface area contributed by atoms with E-state index in [-0.39, 0.29) is 15.7 Å². The Morgan fingerprint density at radius 3 is 2.53 bits per heavy atom. The molecule has 0 aromatic heterocycles. The topological polar surface area (TPSA) is 57.9 Å². The number of benzene rings is 2. The number of nitrogens with zero attached hydrogens (tertiary/aromatic N) is 1. The van der Waals surface area contributed by atoms with E-state index in [1.807, 2.05) is 6.07 Å². The zero-order valence-electron chi connectivity index (χ0n) is 9.88. The number of nitriles is 1. The number of hydrogen-bond donors (Lipinski definition) is 0. The number of sulfone groups is 1. The van der Waals surface area contributed by atoms with Crippen molar-refractivity contribution in [3.05, 3.63) is 64.7 Å². The number of halogens is 1. The molecular weight excluding hydrogens is 282 g/mol. The summed E-state index contributed by atoms with van der Waals surface area (Å²) in [6.45, 7) is 0. The maximum absolute atomic E-state index is 12.3. The highest BCUT2D eigenvalue weighted by Crippen LogP contribution is 2.24. The molecule has 2 aromatic carbocycles. The smallest absolute Gasteiger partial charge is 0.183 e. The molecule has 3 nitrogen and oxygen atoms in total. The zero-order chi connectivity index (χ0) is 13.9. The van der Waals surface area contributed by atoms with Crippen LogP contribution in [0.15, 0.2) is 53.4 Å². The average molecular weight is 292 g/mol. The zero-order valence-corrected chi connectivity index (χ0v) is 11.4. The molecule has 96 valence electrons. The molecule has 0 heterocycles. The van der Waals surface area contributed by atoms with Crippen molar-refractivity contribution in [2.45, 2.75) is 10.6 Å². The van der Waals surface area contributed by atoms with Gasteiger partial charge in [-0.05, 0) is 29.8 Å². The summed E-state index contributed by atoms with van der Waals surface area (Å²) in [5.74, 6) is -0.174. The molecule has 2 aromatic rings. The molecule has 0 aliphatic carbocycles. The minimum Gasteiger partial charge on any atom is -0.223 e. The average Bonchev–Trinajstić information content (AvgIpc) is 2.38. The first-order chi connectivity index (χ1) is 9.03. The van der Waals surface area contributed by atoms with E-state index in [1.165, 1.54) is 6.07 Å². The van der Waals surface area contributed by atoms with E-state index >= 15 is 0 Å². The van der Waals surface area contributed by atoms with Crippen molar-refractivity contribution in [2.75, 3.05) is 0 Å². The van der Waals surface area contributed by atoms with E-state index in [0.717, 1.165) is 0 Å². The second kappa shape index (κ2) is 5.43. The molecule has 0 aliphatic heterocycles. The summed E-state index contributed by atoms with van der Waals surface area (Å²) in [5.41, 5.74) is 1.01. The quantitative estimate of drug-likeness (QED) is 0.872. The Balaban J connectivity index is 2.37. The third-order valence-electron chi connectivity index (χ3n) is 2.58. The van der Waals surface area contributed by atoms with Crippen LogP contribution in [0.1, 0.15) is 11.1 Å². The summed E-state index contributed by atoms with van der Waals surface area (Å²) in [5, 5.41) is 9.01. The van der Waals surface area contributed by atoms with E-state index in [4.69, 9.17) is 16.9 Å². The highest BCUT2D eigenvalue weighted by molar-refractivity contribution is 7.90. The molecule has 19 heavy (non-hydrogen) atoms. The van der Waals surface area contributed by atoms with E-state index in [0.29, 0.717) is 11.1 Å². The first-order valence-corrected chi connectivity index (χ1v) is 7.52. The lowest BCUT2D eigenvalue weighted by Gasteiger charge is -2.06. The van der Waals surface area contributed by atoms with Gasteiger partial charge in [-0.2, -0.15) is 5.26 Å². The molecule has 0 saturated heterocycles. The maximum atomic E-state index is 12.3. The molecule has 0 atom stereocenters. The minimum absolute atomic E-state index is 0.110. The van der Waals surface area contributed by atoms with Crippen LogP contribution in [-0.2, 0) is 15.6 Å². The van der Waals surface area contributed by atoms with Crippen LogP contribution >= 0.6 is 11.6 Å². The Morgan fingerprint density at radius 1 is 1.11 bits per heavy atom. The summed E-state index contributed by atoms with van der Waals surface area (Å²) in [7, 11) is -3.51. The van der Waals surface area contributed by atoms with Crippen LogP contribution in [-0.4, -0.2) is 8.42 Å². The van der Waals surface area contributed by atoms with Crippen molar-refractivity contribution in [2.24, 2.45) is 0 Å². The van der Waals surface area contributed by atoms with Gasteiger partial charge in [-0.15, -0.1) is 0 Å². The van der Waals surface area contributed by atoms with Gasteiger partial charge in [0.15, 0.2) is 9.84 Å². The SMILES string of the molecule is N#Cc1cccc(CS(=O)(=O)c2ccccc2Cl)c1. The minimum atomic E-state index is -3.51. The number of hydrogen-bond acceptors (Lipinski definition) is 3. The molecule has 0 unspecified atom stereocenters. The van der Waals surface area contributed by atoms with Gasteiger partial charge in [-0.3, -0.25) is 0 Å². The lowest BCUT2D eigenvalue weighted by atomic mass is 10.2. The molecule has 2 rings (SSSR count). The van der Waals surface area contributed by atoms with E-state index < -0.39 is 9.84 Å².